The fourth-order valence-corrected chi connectivity index (χ4v) is 0. The minimum absolute atomic E-state index is 0. The van der Waals surface area contributed by atoms with Crippen LogP contribution in [0.5, 0.6) is 0 Å². The van der Waals surface area contributed by atoms with Crippen LogP contribution in [-0.4, -0.2) is 11.2 Å². The second-order valence-corrected chi connectivity index (χ2v) is 1.09. The molecule has 0 atom stereocenters. The van der Waals surface area contributed by atoms with Crippen molar-refractivity contribution in [2.24, 2.45) is 0 Å². The van der Waals surface area contributed by atoms with E-state index in [4.69, 9.17) is 5.11 Å². The first-order valence-electron chi connectivity index (χ1n) is 1.41. The average Bonchev–Trinajstić information content (AvgIpc) is 0.811. The van der Waals surface area contributed by atoms with E-state index < -0.39 is 0 Å². The van der Waals surface area contributed by atoms with Gasteiger partial charge in [-0.25, -0.2) is 0 Å². The molecule has 1 nitrogen and oxygen atoms in total. The summed E-state index contributed by atoms with van der Waals surface area (Å²) in [6.07, 6.45) is -0.167. The minimum Gasteiger partial charge on any atom is -0.394 e. The molecule has 0 heterocycles. The molecule has 2 heteroatoms. The molecule has 0 saturated heterocycles. The molecule has 0 spiro atoms. The first-order valence-corrected chi connectivity index (χ1v) is 1.41. The van der Waals surface area contributed by atoms with E-state index in [1.165, 1.54) is 0 Å². The molecule has 0 bridgehead atoms. The van der Waals surface area contributed by atoms with Crippen molar-refractivity contribution in [1.82, 2.24) is 0 Å². The molecular weight excluding hydrogens is 143 g/mol. The molecule has 0 radical (unpaired) electrons. The van der Waals surface area contributed by atoms with Crippen LogP contribution in [-0.2, 0) is 26.2 Å². The zero-order chi connectivity index (χ0) is 3.58. The summed E-state index contributed by atoms with van der Waals surface area (Å²) in [5.74, 6) is 0. The maximum atomic E-state index is 8.06. The number of hydrogen-bond donors (Lipinski definition) is 1. The van der Waals surface area contributed by atoms with Crippen LogP contribution in [0.1, 0.15) is 13.8 Å². The van der Waals surface area contributed by atoms with Crippen molar-refractivity contribution in [3.8, 4) is 0 Å². The van der Waals surface area contributed by atoms with Gasteiger partial charge in [-0.3, -0.25) is 0 Å². The van der Waals surface area contributed by atoms with Gasteiger partial charge < -0.3 is 5.11 Å². The third kappa shape index (κ3) is 55.1. The topological polar surface area (TPSA) is 20.2 Å². The van der Waals surface area contributed by atoms with Gasteiger partial charge in [0.2, 0.25) is 0 Å². The Morgan fingerprint density at radius 3 is 1.40 bits per heavy atom. The summed E-state index contributed by atoms with van der Waals surface area (Å²) in [4.78, 5) is 0. The molecule has 0 fully saturated rings. The van der Waals surface area contributed by atoms with Crippen LogP contribution in [0.4, 0.5) is 0 Å². The van der Waals surface area contributed by atoms with E-state index in [0.717, 1.165) is 0 Å². The molecule has 0 aromatic carbocycles. The van der Waals surface area contributed by atoms with Gasteiger partial charge in [0, 0.05) is 32.3 Å². The number of aliphatic hydroxyl groups is 1. The van der Waals surface area contributed by atoms with E-state index in [1.54, 1.807) is 13.8 Å². The monoisotopic (exact) mass is 150 g/mol. The molecule has 0 unspecified atom stereocenters. The Bertz CT molecular complexity index is 11.6. The van der Waals surface area contributed by atoms with Crippen molar-refractivity contribution in [2.75, 3.05) is 0 Å². The van der Waals surface area contributed by atoms with Crippen LogP contribution in [0.2, 0.25) is 0 Å². The average molecular weight is 151 g/mol. The Hall–Kier alpha value is 0.843. The Labute approximate surface area is 51.5 Å². The molecule has 1 N–H and O–H groups in total. The molecule has 0 aliphatic heterocycles. The molecule has 0 saturated carbocycles. The molecule has 0 amide bonds. The summed E-state index contributed by atoms with van der Waals surface area (Å²) >= 11 is 0. The van der Waals surface area contributed by atoms with E-state index in [0.29, 0.717) is 0 Å². The summed E-state index contributed by atoms with van der Waals surface area (Å²) in [6.45, 7) is 3.44. The van der Waals surface area contributed by atoms with Gasteiger partial charge in [0.15, 0.2) is 0 Å². The van der Waals surface area contributed by atoms with Gasteiger partial charge in [-0.2, -0.15) is 0 Å². The van der Waals surface area contributed by atoms with Crippen molar-refractivity contribution in [2.45, 2.75) is 20.0 Å². The molecule has 0 aliphatic carbocycles. The summed E-state index contributed by atoms with van der Waals surface area (Å²) < 4.78 is 0. The summed E-state index contributed by atoms with van der Waals surface area (Å²) in [5.41, 5.74) is 0. The van der Waals surface area contributed by atoms with E-state index in [9.17, 15) is 0 Å². The smallest absolute Gasteiger partial charge is 0.0483 e. The van der Waals surface area contributed by atoms with Crippen LogP contribution in [0.3, 0.4) is 0 Å². The van der Waals surface area contributed by atoms with Crippen LogP contribution in [0, 0.1) is 0 Å². The zero-order valence-corrected chi connectivity index (χ0v) is 5.98. The van der Waals surface area contributed by atoms with Gasteiger partial charge in [0.05, 0.1) is 0 Å². The SMILES string of the molecule is CC(C)O.[Zr]. The van der Waals surface area contributed by atoms with Gasteiger partial charge in [-0.05, 0) is 13.8 Å². The van der Waals surface area contributed by atoms with E-state index in [2.05, 4.69) is 0 Å². The van der Waals surface area contributed by atoms with E-state index >= 15 is 0 Å². The zero-order valence-electron chi connectivity index (χ0n) is 3.52. The molecule has 5 heavy (non-hydrogen) atoms. The first kappa shape index (κ1) is 9.28. The van der Waals surface area contributed by atoms with Gasteiger partial charge in [-0.1, -0.05) is 0 Å². The third-order valence-electron chi connectivity index (χ3n) is 0. The molecule has 30 valence electrons. The predicted molar refractivity (Wildman–Crippen MR) is 17.4 cm³/mol. The van der Waals surface area contributed by atoms with Crippen molar-refractivity contribution in [1.29, 1.82) is 0 Å². The number of aliphatic hydroxyl groups excluding tert-OH is 1. The molecule has 0 rings (SSSR count). The van der Waals surface area contributed by atoms with Crippen molar-refractivity contribution >= 4 is 0 Å². The fourth-order valence-electron chi connectivity index (χ4n) is 0. The minimum atomic E-state index is -0.167. The van der Waals surface area contributed by atoms with Crippen LogP contribution >= 0.6 is 0 Å². The Morgan fingerprint density at radius 2 is 1.40 bits per heavy atom. The quantitative estimate of drug-likeness (QED) is 0.531. The van der Waals surface area contributed by atoms with Crippen molar-refractivity contribution in [3.05, 3.63) is 0 Å². The maximum Gasteiger partial charge on any atom is 0.0483 e. The van der Waals surface area contributed by atoms with Crippen molar-refractivity contribution < 1.29 is 31.3 Å². The predicted octanol–water partition coefficient (Wildman–Crippen LogP) is 0.385. The summed E-state index contributed by atoms with van der Waals surface area (Å²) in [5, 5.41) is 8.06. The maximum absolute atomic E-state index is 8.06. The normalized spacial score (nSPS) is 7.20. The largest absolute Gasteiger partial charge is 0.394 e. The second-order valence-electron chi connectivity index (χ2n) is 1.09. The first-order chi connectivity index (χ1) is 1.73. The van der Waals surface area contributed by atoms with Crippen LogP contribution < -0.4 is 0 Å². The summed E-state index contributed by atoms with van der Waals surface area (Å²) in [6, 6.07) is 0. The number of hydrogen-bond acceptors (Lipinski definition) is 1. The molecule has 0 aliphatic rings. The summed E-state index contributed by atoms with van der Waals surface area (Å²) in [7, 11) is 0. The third-order valence-corrected chi connectivity index (χ3v) is 0. The van der Waals surface area contributed by atoms with E-state index in [1.807, 2.05) is 0 Å². The second kappa shape index (κ2) is 4.84. The Kier molecular flexibility index (Phi) is 8.99. The Balaban J connectivity index is 0. The molecule has 0 aromatic heterocycles. The van der Waals surface area contributed by atoms with Gasteiger partial charge in [0.25, 0.3) is 0 Å². The Morgan fingerprint density at radius 1 is 1.40 bits per heavy atom. The van der Waals surface area contributed by atoms with Gasteiger partial charge in [-0.15, -0.1) is 0 Å². The number of rotatable bonds is 0. The molecular formula is C3H8OZr. The van der Waals surface area contributed by atoms with Crippen LogP contribution in [0.25, 0.3) is 0 Å². The van der Waals surface area contributed by atoms with Gasteiger partial charge in [0.1, 0.15) is 0 Å². The van der Waals surface area contributed by atoms with E-state index in [-0.39, 0.29) is 32.3 Å². The fraction of sp³-hybridized carbons (Fsp3) is 1.00. The standard InChI is InChI=1S/C3H8O.Zr/c1-3(2)4;/h3-4H,1-2H3;. The van der Waals surface area contributed by atoms with Crippen molar-refractivity contribution in [3.63, 3.8) is 0 Å². The molecule has 0 aromatic rings. The van der Waals surface area contributed by atoms with Gasteiger partial charge >= 0.3 is 0 Å². The van der Waals surface area contributed by atoms with Crippen LogP contribution in [0.15, 0.2) is 0 Å².